The van der Waals surface area contributed by atoms with Crippen LogP contribution in [0.5, 0.6) is 17.2 Å². The van der Waals surface area contributed by atoms with Gasteiger partial charge in [-0.25, -0.2) is 0 Å². The first-order valence-corrected chi connectivity index (χ1v) is 7.88. The van der Waals surface area contributed by atoms with E-state index in [0.717, 1.165) is 0 Å². The molecule has 3 aromatic rings. The van der Waals surface area contributed by atoms with Gasteiger partial charge in [-0.15, -0.1) is 0 Å². The first kappa shape index (κ1) is 15.9. The van der Waals surface area contributed by atoms with E-state index in [1.54, 1.807) is 25.3 Å². The number of nitrogens with zero attached hydrogens (tertiary/aromatic N) is 2. The summed E-state index contributed by atoms with van der Waals surface area (Å²) in [5.41, 5.74) is 1.17. The van der Waals surface area contributed by atoms with Crippen molar-refractivity contribution in [3.05, 3.63) is 53.9 Å². The quantitative estimate of drug-likeness (QED) is 0.752. The zero-order valence-corrected chi connectivity index (χ0v) is 13.9. The zero-order valence-electron chi connectivity index (χ0n) is 13.9. The molecule has 1 amide bonds. The van der Waals surface area contributed by atoms with Crippen LogP contribution >= 0.6 is 0 Å². The molecule has 2 aromatic carbocycles. The number of rotatable bonds is 5. The maximum absolute atomic E-state index is 12.3. The van der Waals surface area contributed by atoms with Crippen molar-refractivity contribution in [1.82, 2.24) is 15.5 Å². The molecule has 0 saturated carbocycles. The second-order valence-corrected chi connectivity index (χ2v) is 5.46. The fourth-order valence-electron chi connectivity index (χ4n) is 2.56. The molecule has 1 aliphatic heterocycles. The van der Waals surface area contributed by atoms with Crippen LogP contribution in [0.3, 0.4) is 0 Å². The van der Waals surface area contributed by atoms with E-state index in [-0.39, 0.29) is 19.2 Å². The number of aromatic nitrogens is 2. The Hall–Kier alpha value is -3.55. The molecule has 2 heterocycles. The first-order valence-electron chi connectivity index (χ1n) is 7.88. The Kier molecular flexibility index (Phi) is 4.14. The minimum Gasteiger partial charge on any atom is -0.496 e. The smallest absolute Gasteiger partial charge is 0.251 e. The zero-order chi connectivity index (χ0) is 17.9. The Balaban J connectivity index is 1.44. The maximum Gasteiger partial charge on any atom is 0.251 e. The second kappa shape index (κ2) is 6.75. The van der Waals surface area contributed by atoms with Gasteiger partial charge in [-0.05, 0) is 30.3 Å². The minimum atomic E-state index is -0.277. The summed E-state index contributed by atoms with van der Waals surface area (Å²) in [6.45, 7) is 0.267. The van der Waals surface area contributed by atoms with Crippen molar-refractivity contribution in [3.8, 4) is 28.6 Å². The van der Waals surface area contributed by atoms with E-state index >= 15 is 0 Å². The van der Waals surface area contributed by atoms with E-state index in [2.05, 4.69) is 15.5 Å². The van der Waals surface area contributed by atoms with E-state index in [0.29, 0.717) is 40.1 Å². The summed E-state index contributed by atoms with van der Waals surface area (Å²) >= 11 is 0. The highest BCUT2D eigenvalue weighted by molar-refractivity contribution is 5.94. The highest BCUT2D eigenvalue weighted by Gasteiger charge is 2.17. The average molecular weight is 353 g/mol. The highest BCUT2D eigenvalue weighted by Crippen LogP contribution is 2.32. The third-order valence-electron chi connectivity index (χ3n) is 3.85. The van der Waals surface area contributed by atoms with Crippen LogP contribution in [0.1, 0.15) is 16.2 Å². The number of para-hydroxylation sites is 1. The molecule has 0 aliphatic carbocycles. The number of methoxy groups -OCH3 is 1. The van der Waals surface area contributed by atoms with E-state index in [1.807, 2.05) is 24.3 Å². The van der Waals surface area contributed by atoms with E-state index in [1.165, 1.54) is 0 Å². The number of carbonyl (C=O) groups is 1. The fraction of sp³-hybridized carbons (Fsp3) is 0.167. The Morgan fingerprint density at radius 3 is 2.92 bits per heavy atom. The molecule has 26 heavy (non-hydrogen) atoms. The summed E-state index contributed by atoms with van der Waals surface area (Å²) in [5, 5.41) is 6.68. The van der Waals surface area contributed by atoms with Gasteiger partial charge in [0.2, 0.25) is 18.5 Å². The van der Waals surface area contributed by atoms with Gasteiger partial charge in [0.1, 0.15) is 5.75 Å². The average Bonchev–Trinajstić information content (AvgIpc) is 3.34. The summed E-state index contributed by atoms with van der Waals surface area (Å²) in [6.07, 6.45) is 0. The van der Waals surface area contributed by atoms with E-state index < -0.39 is 0 Å². The van der Waals surface area contributed by atoms with Crippen molar-refractivity contribution in [2.75, 3.05) is 13.9 Å². The van der Waals surface area contributed by atoms with Crippen LogP contribution in [-0.4, -0.2) is 30.0 Å². The number of nitrogens with one attached hydrogen (secondary N) is 1. The third kappa shape index (κ3) is 3.04. The van der Waals surface area contributed by atoms with Gasteiger partial charge in [-0.3, -0.25) is 4.79 Å². The van der Waals surface area contributed by atoms with Crippen LogP contribution in [0, 0.1) is 0 Å². The largest absolute Gasteiger partial charge is 0.496 e. The van der Waals surface area contributed by atoms with Crippen molar-refractivity contribution in [1.29, 1.82) is 0 Å². The highest BCUT2D eigenvalue weighted by atomic mass is 16.7. The van der Waals surface area contributed by atoms with E-state index in [4.69, 9.17) is 18.7 Å². The Morgan fingerprint density at radius 1 is 1.19 bits per heavy atom. The molecule has 0 fully saturated rings. The van der Waals surface area contributed by atoms with Crippen molar-refractivity contribution in [2.45, 2.75) is 6.54 Å². The van der Waals surface area contributed by atoms with Crippen LogP contribution in [-0.2, 0) is 6.54 Å². The maximum atomic E-state index is 12.3. The Labute approximate surface area is 148 Å². The predicted octanol–water partition coefficient (Wildman–Crippen LogP) is 2.40. The van der Waals surface area contributed by atoms with Crippen LogP contribution in [0.4, 0.5) is 0 Å². The first-order chi connectivity index (χ1) is 12.7. The number of hydrogen-bond acceptors (Lipinski definition) is 7. The molecule has 8 heteroatoms. The second-order valence-electron chi connectivity index (χ2n) is 5.46. The lowest BCUT2D eigenvalue weighted by Crippen LogP contribution is -2.22. The van der Waals surface area contributed by atoms with Gasteiger partial charge in [0.15, 0.2) is 11.5 Å². The van der Waals surface area contributed by atoms with Crippen molar-refractivity contribution in [2.24, 2.45) is 0 Å². The molecule has 0 saturated heterocycles. The van der Waals surface area contributed by atoms with Gasteiger partial charge in [-0.1, -0.05) is 17.3 Å². The van der Waals surface area contributed by atoms with Crippen molar-refractivity contribution >= 4 is 5.91 Å². The van der Waals surface area contributed by atoms with Gasteiger partial charge in [-0.2, -0.15) is 4.98 Å². The van der Waals surface area contributed by atoms with Gasteiger partial charge in [0.05, 0.1) is 19.2 Å². The molecule has 0 radical (unpaired) electrons. The summed E-state index contributed by atoms with van der Waals surface area (Å²) < 4.78 is 21.0. The molecule has 8 nitrogen and oxygen atoms in total. The molecular weight excluding hydrogens is 338 g/mol. The molecular formula is C18H15N3O5. The summed E-state index contributed by atoms with van der Waals surface area (Å²) in [4.78, 5) is 16.6. The number of ether oxygens (including phenoxy) is 3. The molecule has 132 valence electrons. The molecule has 0 bridgehead atoms. The molecule has 1 N–H and O–H groups in total. The number of benzene rings is 2. The monoisotopic (exact) mass is 353 g/mol. The molecule has 1 aliphatic rings. The third-order valence-corrected chi connectivity index (χ3v) is 3.85. The van der Waals surface area contributed by atoms with Crippen LogP contribution in [0.15, 0.2) is 47.0 Å². The Bertz CT molecular complexity index is 954. The number of amides is 1. The number of carbonyl (C=O) groups excluding carboxylic acids is 1. The van der Waals surface area contributed by atoms with Gasteiger partial charge < -0.3 is 24.1 Å². The van der Waals surface area contributed by atoms with Crippen molar-refractivity contribution in [3.63, 3.8) is 0 Å². The lowest BCUT2D eigenvalue weighted by molar-refractivity contribution is 0.0946. The lowest BCUT2D eigenvalue weighted by Gasteiger charge is -2.04. The van der Waals surface area contributed by atoms with Crippen LogP contribution in [0.2, 0.25) is 0 Å². The normalized spacial score (nSPS) is 12.0. The SMILES string of the molecule is COc1ccccc1-c1noc(CNC(=O)c2ccc3c(c2)OCO3)n1. The molecule has 0 atom stereocenters. The van der Waals surface area contributed by atoms with Gasteiger partial charge in [0, 0.05) is 5.56 Å². The molecule has 4 rings (SSSR count). The van der Waals surface area contributed by atoms with E-state index in [9.17, 15) is 4.79 Å². The topological polar surface area (TPSA) is 95.7 Å². The summed E-state index contributed by atoms with van der Waals surface area (Å²) in [6, 6.07) is 12.3. The minimum absolute atomic E-state index is 0.107. The molecule has 0 spiro atoms. The molecule has 0 unspecified atom stereocenters. The lowest BCUT2D eigenvalue weighted by atomic mass is 10.2. The van der Waals surface area contributed by atoms with Crippen LogP contribution < -0.4 is 19.5 Å². The summed E-state index contributed by atoms with van der Waals surface area (Å²) in [7, 11) is 1.57. The Morgan fingerprint density at radius 2 is 2.04 bits per heavy atom. The number of fused-ring (bicyclic) bond motifs is 1. The fourth-order valence-corrected chi connectivity index (χ4v) is 2.56. The van der Waals surface area contributed by atoms with Gasteiger partial charge in [0.25, 0.3) is 5.91 Å². The summed E-state index contributed by atoms with van der Waals surface area (Å²) in [5.74, 6) is 2.23. The molecule has 1 aromatic heterocycles. The number of hydrogen-bond donors (Lipinski definition) is 1. The van der Waals surface area contributed by atoms with Crippen molar-refractivity contribution < 1.29 is 23.5 Å². The van der Waals surface area contributed by atoms with Crippen LogP contribution in [0.25, 0.3) is 11.4 Å². The standard InChI is InChI=1S/C18H15N3O5/c1-23-13-5-3-2-4-12(13)17-20-16(26-21-17)9-19-18(22)11-6-7-14-15(8-11)25-10-24-14/h2-8H,9-10H2,1H3,(H,19,22). The van der Waals surface area contributed by atoms with Gasteiger partial charge >= 0.3 is 0 Å². The predicted molar refractivity (Wildman–Crippen MR) is 90.0 cm³/mol.